The summed E-state index contributed by atoms with van der Waals surface area (Å²) >= 11 is 0. The maximum absolute atomic E-state index is 5.76. The van der Waals surface area contributed by atoms with E-state index in [1.165, 1.54) is 0 Å². The van der Waals surface area contributed by atoms with E-state index in [0.29, 0.717) is 11.8 Å². The molecule has 0 aromatic carbocycles. The molecule has 3 heteroatoms. The Morgan fingerprint density at radius 1 is 1.42 bits per heavy atom. The van der Waals surface area contributed by atoms with E-state index in [0.717, 1.165) is 31.5 Å². The van der Waals surface area contributed by atoms with Gasteiger partial charge < -0.3 is 9.47 Å². The van der Waals surface area contributed by atoms with Gasteiger partial charge in [-0.2, -0.15) is 0 Å². The third kappa shape index (κ3) is 0.736. The third-order valence-corrected chi connectivity index (χ3v) is 3.26. The number of allylic oxidation sites excluding steroid dienone is 2. The van der Waals surface area contributed by atoms with Crippen LogP contribution in [0.2, 0.25) is 0 Å². The molecule has 1 saturated carbocycles. The van der Waals surface area contributed by atoms with Crippen LogP contribution >= 0.6 is 0 Å². The summed E-state index contributed by atoms with van der Waals surface area (Å²) in [6.07, 6.45) is 4.14. The van der Waals surface area contributed by atoms with Crippen LogP contribution in [-0.2, 0) is 9.47 Å². The maximum Gasteiger partial charge on any atom is 0.172 e. The maximum atomic E-state index is 5.76. The molecule has 2 nitrogen and oxygen atoms in total. The van der Waals surface area contributed by atoms with Gasteiger partial charge in [-0.15, -0.1) is 5.47 Å². The van der Waals surface area contributed by atoms with E-state index >= 15 is 0 Å². The number of hydrogen-bond donors (Lipinski definition) is 0. The topological polar surface area (TPSA) is 18.5 Å². The summed E-state index contributed by atoms with van der Waals surface area (Å²) in [7, 11) is 5.76. The molecule has 3 rings (SSSR count). The zero-order valence-electron chi connectivity index (χ0n) is 6.95. The van der Waals surface area contributed by atoms with E-state index in [-0.39, 0.29) is 5.79 Å². The van der Waals surface area contributed by atoms with Gasteiger partial charge in [-0.25, -0.2) is 0 Å². The van der Waals surface area contributed by atoms with Crippen LogP contribution in [-0.4, -0.2) is 26.8 Å². The first-order chi connectivity index (χ1) is 5.80. The second-order valence-corrected chi connectivity index (χ2v) is 3.93. The molecule has 2 unspecified atom stereocenters. The lowest BCUT2D eigenvalue weighted by Crippen LogP contribution is -2.52. The van der Waals surface area contributed by atoms with Crippen molar-refractivity contribution < 1.29 is 9.47 Å². The first kappa shape index (κ1) is 7.16. The molecule has 0 aromatic heterocycles. The van der Waals surface area contributed by atoms with E-state index in [4.69, 9.17) is 17.3 Å². The van der Waals surface area contributed by atoms with E-state index in [9.17, 15) is 0 Å². The Balaban J connectivity index is 1.81. The summed E-state index contributed by atoms with van der Waals surface area (Å²) in [5.74, 6) is 0.908. The van der Waals surface area contributed by atoms with Gasteiger partial charge in [0.2, 0.25) is 0 Å². The van der Waals surface area contributed by atoms with Gasteiger partial charge in [-0.1, -0.05) is 6.08 Å². The summed E-state index contributed by atoms with van der Waals surface area (Å²) in [6.45, 7) is 1.51. The zero-order chi connectivity index (χ0) is 8.18. The number of ether oxygens (including phenoxy) is 2. The molecule has 1 spiro atoms. The van der Waals surface area contributed by atoms with Crippen molar-refractivity contribution in [1.82, 2.24) is 0 Å². The fourth-order valence-electron chi connectivity index (χ4n) is 2.67. The monoisotopic (exact) mass is 162 g/mol. The predicted molar refractivity (Wildman–Crippen MR) is 44.7 cm³/mol. The number of fused-ring (bicyclic) bond motifs is 2. The summed E-state index contributed by atoms with van der Waals surface area (Å²) in [4.78, 5) is 0. The van der Waals surface area contributed by atoms with Crippen molar-refractivity contribution in [3.8, 4) is 0 Å². The summed E-state index contributed by atoms with van der Waals surface area (Å²) < 4.78 is 11.3. The summed E-state index contributed by atoms with van der Waals surface area (Å²) in [5.41, 5.74) is 1.01. The fourth-order valence-corrected chi connectivity index (χ4v) is 2.67. The van der Waals surface area contributed by atoms with E-state index in [2.05, 4.69) is 6.08 Å². The molecule has 1 heterocycles. The Bertz CT molecular complexity index is 243. The Morgan fingerprint density at radius 2 is 2.17 bits per heavy atom. The van der Waals surface area contributed by atoms with E-state index < -0.39 is 0 Å². The van der Waals surface area contributed by atoms with Crippen LogP contribution < -0.4 is 0 Å². The lowest BCUT2D eigenvalue weighted by molar-refractivity contribution is -0.262. The van der Waals surface area contributed by atoms with Crippen LogP contribution in [0.25, 0.3) is 0 Å². The van der Waals surface area contributed by atoms with Crippen LogP contribution in [0.15, 0.2) is 11.5 Å². The van der Waals surface area contributed by atoms with Gasteiger partial charge >= 0.3 is 0 Å². The zero-order valence-corrected chi connectivity index (χ0v) is 6.95. The average molecular weight is 162 g/mol. The smallest absolute Gasteiger partial charge is 0.172 e. The molecule has 12 heavy (non-hydrogen) atoms. The molecule has 62 valence electrons. The Morgan fingerprint density at radius 3 is 2.83 bits per heavy atom. The van der Waals surface area contributed by atoms with Crippen LogP contribution in [0.5, 0.6) is 0 Å². The predicted octanol–water partition coefficient (Wildman–Crippen LogP) is 0.822. The molecule has 2 aliphatic carbocycles. The van der Waals surface area contributed by atoms with Gasteiger partial charge in [-0.05, 0) is 12.3 Å². The minimum atomic E-state index is -0.234. The Kier molecular flexibility index (Phi) is 1.28. The minimum absolute atomic E-state index is 0.234. The van der Waals surface area contributed by atoms with Crippen molar-refractivity contribution in [2.45, 2.75) is 18.6 Å². The van der Waals surface area contributed by atoms with Crippen molar-refractivity contribution in [2.24, 2.45) is 11.8 Å². The quantitative estimate of drug-likeness (QED) is 0.491. The highest BCUT2D eigenvalue weighted by atomic mass is 16.7. The summed E-state index contributed by atoms with van der Waals surface area (Å²) in [6, 6.07) is 0. The van der Waals surface area contributed by atoms with Gasteiger partial charge in [0, 0.05) is 12.3 Å². The normalized spacial score (nSPS) is 42.5. The SMILES string of the molecule is [B]C1=CC2CC3(OCCO3)C2C1. The third-order valence-electron chi connectivity index (χ3n) is 3.26. The van der Waals surface area contributed by atoms with Crippen LogP contribution in [0.1, 0.15) is 12.8 Å². The number of rotatable bonds is 0. The van der Waals surface area contributed by atoms with Gasteiger partial charge in [0.05, 0.1) is 13.2 Å². The first-order valence-electron chi connectivity index (χ1n) is 4.54. The van der Waals surface area contributed by atoms with Gasteiger partial charge in [-0.3, -0.25) is 0 Å². The molecular formula is C9H11BO2. The van der Waals surface area contributed by atoms with Gasteiger partial charge in [0.1, 0.15) is 7.85 Å². The van der Waals surface area contributed by atoms with Crippen LogP contribution in [0.4, 0.5) is 0 Å². The van der Waals surface area contributed by atoms with Crippen LogP contribution in [0, 0.1) is 11.8 Å². The lowest BCUT2D eigenvalue weighted by atomic mass is 9.69. The molecule has 0 aromatic rings. The molecule has 1 aliphatic heterocycles. The second-order valence-electron chi connectivity index (χ2n) is 3.93. The lowest BCUT2D eigenvalue weighted by Gasteiger charge is -2.47. The molecule has 2 atom stereocenters. The minimum Gasteiger partial charge on any atom is -0.347 e. The molecule has 2 fully saturated rings. The molecule has 1 saturated heterocycles. The van der Waals surface area contributed by atoms with Gasteiger partial charge in [0.15, 0.2) is 5.79 Å². The second kappa shape index (κ2) is 2.15. The van der Waals surface area contributed by atoms with Crippen LogP contribution in [0.3, 0.4) is 0 Å². The molecule has 2 radical (unpaired) electrons. The molecule has 0 amide bonds. The average Bonchev–Trinajstić information content (AvgIpc) is 2.57. The number of hydrogen-bond acceptors (Lipinski definition) is 2. The largest absolute Gasteiger partial charge is 0.347 e. The molecule has 3 aliphatic rings. The van der Waals surface area contributed by atoms with Gasteiger partial charge in [0.25, 0.3) is 0 Å². The highest BCUT2D eigenvalue weighted by Gasteiger charge is 2.58. The highest BCUT2D eigenvalue weighted by Crippen LogP contribution is 2.55. The summed E-state index contributed by atoms with van der Waals surface area (Å²) in [5, 5.41) is 0. The van der Waals surface area contributed by atoms with Crippen molar-refractivity contribution >= 4 is 7.85 Å². The molecular weight excluding hydrogens is 151 g/mol. The van der Waals surface area contributed by atoms with E-state index in [1.54, 1.807) is 0 Å². The van der Waals surface area contributed by atoms with Crippen molar-refractivity contribution in [1.29, 1.82) is 0 Å². The van der Waals surface area contributed by atoms with E-state index in [1.807, 2.05) is 0 Å². The van der Waals surface area contributed by atoms with Crippen molar-refractivity contribution in [3.63, 3.8) is 0 Å². The Labute approximate surface area is 73.3 Å². The van der Waals surface area contributed by atoms with Crippen molar-refractivity contribution in [3.05, 3.63) is 11.5 Å². The van der Waals surface area contributed by atoms with Crippen molar-refractivity contribution in [2.75, 3.05) is 13.2 Å². The fraction of sp³-hybridized carbons (Fsp3) is 0.778. The molecule has 0 bridgehead atoms. The standard InChI is InChI=1S/C9H11BO2/c10-7-3-6-5-9(8(6)4-7)11-1-2-12-9/h3,6,8H,1-2,4-5H2. The molecule has 0 N–H and O–H groups in total. The first-order valence-corrected chi connectivity index (χ1v) is 4.54. The Hall–Kier alpha value is -0.275. The highest BCUT2D eigenvalue weighted by molar-refractivity contribution is 6.21.